The molecular formula is C11H12BrFS. The van der Waals surface area contributed by atoms with Crippen LogP contribution in [0.4, 0.5) is 4.39 Å². The summed E-state index contributed by atoms with van der Waals surface area (Å²) in [4.78, 5) is 1.04. The van der Waals surface area contributed by atoms with Crippen molar-refractivity contribution in [2.75, 3.05) is 11.1 Å². The number of hydrogen-bond acceptors (Lipinski definition) is 1. The molecule has 0 atom stereocenters. The van der Waals surface area contributed by atoms with E-state index in [4.69, 9.17) is 0 Å². The van der Waals surface area contributed by atoms with E-state index >= 15 is 0 Å². The van der Waals surface area contributed by atoms with E-state index in [9.17, 15) is 4.39 Å². The normalized spacial score (nSPS) is 18.1. The van der Waals surface area contributed by atoms with Crippen LogP contribution >= 0.6 is 27.7 Å². The van der Waals surface area contributed by atoms with Gasteiger partial charge in [0, 0.05) is 16.0 Å². The Morgan fingerprint density at radius 1 is 1.43 bits per heavy atom. The molecule has 0 aliphatic heterocycles. The summed E-state index contributed by atoms with van der Waals surface area (Å²) >= 11 is 5.29. The van der Waals surface area contributed by atoms with E-state index in [-0.39, 0.29) is 5.82 Å². The van der Waals surface area contributed by atoms with Crippen molar-refractivity contribution in [3.63, 3.8) is 0 Å². The van der Waals surface area contributed by atoms with Crippen molar-refractivity contribution in [1.29, 1.82) is 0 Å². The average molecular weight is 275 g/mol. The van der Waals surface area contributed by atoms with Crippen LogP contribution < -0.4 is 0 Å². The third kappa shape index (κ3) is 2.51. The average Bonchev–Trinajstić information content (AvgIpc) is 2.96. The highest BCUT2D eigenvalue weighted by molar-refractivity contribution is 9.09. The van der Waals surface area contributed by atoms with Crippen LogP contribution in [0.1, 0.15) is 12.8 Å². The number of halogens is 2. The fourth-order valence-electron chi connectivity index (χ4n) is 1.29. The summed E-state index contributed by atoms with van der Waals surface area (Å²) in [7, 11) is 0. The van der Waals surface area contributed by atoms with Crippen LogP contribution in [0.15, 0.2) is 29.2 Å². The van der Waals surface area contributed by atoms with E-state index < -0.39 is 0 Å². The van der Waals surface area contributed by atoms with Crippen LogP contribution in [-0.4, -0.2) is 11.1 Å². The van der Waals surface area contributed by atoms with Gasteiger partial charge in [-0.25, -0.2) is 4.39 Å². The monoisotopic (exact) mass is 274 g/mol. The van der Waals surface area contributed by atoms with E-state index in [0.29, 0.717) is 5.41 Å². The van der Waals surface area contributed by atoms with Crippen LogP contribution in [-0.2, 0) is 0 Å². The quantitative estimate of drug-likeness (QED) is 0.589. The summed E-state index contributed by atoms with van der Waals surface area (Å²) < 4.78 is 12.9. The van der Waals surface area contributed by atoms with Crippen molar-refractivity contribution >= 4 is 27.7 Å². The molecule has 1 aromatic carbocycles. The Morgan fingerprint density at radius 2 is 2.21 bits per heavy atom. The molecule has 3 heteroatoms. The van der Waals surface area contributed by atoms with Gasteiger partial charge in [0.15, 0.2) is 0 Å². The van der Waals surface area contributed by atoms with Gasteiger partial charge in [0.1, 0.15) is 5.82 Å². The van der Waals surface area contributed by atoms with Crippen molar-refractivity contribution in [3.05, 3.63) is 30.1 Å². The van der Waals surface area contributed by atoms with Crippen molar-refractivity contribution < 1.29 is 4.39 Å². The first-order chi connectivity index (χ1) is 6.74. The minimum absolute atomic E-state index is 0.140. The third-order valence-corrected chi connectivity index (χ3v) is 5.12. The largest absolute Gasteiger partial charge is 0.207 e. The van der Waals surface area contributed by atoms with Gasteiger partial charge in [-0.1, -0.05) is 22.0 Å². The van der Waals surface area contributed by atoms with E-state index in [2.05, 4.69) is 15.9 Å². The first-order valence-electron chi connectivity index (χ1n) is 4.68. The fourth-order valence-corrected chi connectivity index (χ4v) is 3.54. The number of rotatable bonds is 4. The van der Waals surface area contributed by atoms with Crippen molar-refractivity contribution in [1.82, 2.24) is 0 Å². The maximum Gasteiger partial charge on any atom is 0.124 e. The molecule has 0 unspecified atom stereocenters. The molecule has 0 radical (unpaired) electrons. The summed E-state index contributed by atoms with van der Waals surface area (Å²) in [6, 6.07) is 6.83. The Labute approximate surface area is 96.4 Å². The maximum atomic E-state index is 12.9. The van der Waals surface area contributed by atoms with Gasteiger partial charge in [-0.2, -0.15) is 0 Å². The molecule has 0 aromatic heterocycles. The predicted octanol–water partition coefficient (Wildman–Crippen LogP) is 4.09. The predicted molar refractivity (Wildman–Crippen MR) is 62.6 cm³/mol. The third-order valence-electron chi connectivity index (χ3n) is 2.58. The second kappa shape index (κ2) is 4.23. The van der Waals surface area contributed by atoms with Gasteiger partial charge in [0.05, 0.1) is 0 Å². The Hall–Kier alpha value is -0.0200. The summed E-state index contributed by atoms with van der Waals surface area (Å²) in [6.07, 6.45) is 2.61. The molecule has 76 valence electrons. The topological polar surface area (TPSA) is 0 Å². The Kier molecular flexibility index (Phi) is 3.17. The molecule has 1 fully saturated rings. The van der Waals surface area contributed by atoms with Gasteiger partial charge >= 0.3 is 0 Å². The Bertz CT molecular complexity index is 323. The second-order valence-electron chi connectivity index (χ2n) is 3.88. The summed E-state index contributed by atoms with van der Waals surface area (Å²) in [5, 5.41) is 1.07. The van der Waals surface area contributed by atoms with Crippen molar-refractivity contribution in [3.8, 4) is 0 Å². The highest BCUT2D eigenvalue weighted by Crippen LogP contribution is 2.50. The summed E-state index contributed by atoms with van der Waals surface area (Å²) in [6.45, 7) is 0. The van der Waals surface area contributed by atoms with Crippen molar-refractivity contribution in [2.24, 2.45) is 5.41 Å². The molecule has 0 amide bonds. The highest BCUT2D eigenvalue weighted by atomic mass is 79.9. The minimum atomic E-state index is -0.140. The molecule has 2 rings (SSSR count). The van der Waals surface area contributed by atoms with E-state index in [1.165, 1.54) is 18.9 Å². The summed E-state index contributed by atoms with van der Waals surface area (Å²) in [5.74, 6) is 0.959. The van der Waals surface area contributed by atoms with Gasteiger partial charge < -0.3 is 0 Å². The molecule has 1 aliphatic carbocycles. The van der Waals surface area contributed by atoms with Crippen LogP contribution in [0.5, 0.6) is 0 Å². The van der Waals surface area contributed by atoms with Gasteiger partial charge in [0.2, 0.25) is 0 Å². The standard InChI is InChI=1S/C11H12BrFS/c12-7-11(4-5-11)8-14-10-3-1-2-9(13)6-10/h1-3,6H,4-5,7-8H2. The minimum Gasteiger partial charge on any atom is -0.207 e. The lowest BCUT2D eigenvalue weighted by atomic mass is 10.2. The smallest absolute Gasteiger partial charge is 0.124 e. The number of hydrogen-bond donors (Lipinski definition) is 0. The molecule has 14 heavy (non-hydrogen) atoms. The number of benzene rings is 1. The number of thioether (sulfide) groups is 1. The highest BCUT2D eigenvalue weighted by Gasteiger charge is 2.41. The lowest BCUT2D eigenvalue weighted by Gasteiger charge is -2.10. The van der Waals surface area contributed by atoms with Crippen LogP contribution in [0.2, 0.25) is 0 Å². The first-order valence-corrected chi connectivity index (χ1v) is 6.79. The molecule has 0 heterocycles. The zero-order chi connectivity index (χ0) is 10.0. The van der Waals surface area contributed by atoms with Crippen LogP contribution in [0.25, 0.3) is 0 Å². The molecule has 0 bridgehead atoms. The van der Waals surface area contributed by atoms with Crippen LogP contribution in [0.3, 0.4) is 0 Å². The van der Waals surface area contributed by atoms with E-state index in [1.54, 1.807) is 23.9 Å². The van der Waals surface area contributed by atoms with Crippen LogP contribution in [0, 0.1) is 11.2 Å². The second-order valence-corrected chi connectivity index (χ2v) is 5.49. The first kappa shape index (κ1) is 10.5. The molecule has 0 spiro atoms. The van der Waals surface area contributed by atoms with E-state index in [1.807, 2.05) is 6.07 Å². The number of alkyl halides is 1. The maximum absolute atomic E-state index is 12.9. The van der Waals surface area contributed by atoms with Gasteiger partial charge in [-0.15, -0.1) is 11.8 Å². The zero-order valence-electron chi connectivity index (χ0n) is 7.80. The lowest BCUT2D eigenvalue weighted by Crippen LogP contribution is -2.04. The molecule has 0 N–H and O–H groups in total. The molecule has 1 aliphatic rings. The van der Waals surface area contributed by atoms with Crippen molar-refractivity contribution in [2.45, 2.75) is 17.7 Å². The van der Waals surface area contributed by atoms with Gasteiger partial charge in [-0.05, 0) is 36.5 Å². The molecule has 0 saturated heterocycles. The lowest BCUT2D eigenvalue weighted by molar-refractivity contribution is 0.624. The zero-order valence-corrected chi connectivity index (χ0v) is 10.2. The Morgan fingerprint density at radius 3 is 2.79 bits per heavy atom. The van der Waals surface area contributed by atoms with Gasteiger partial charge in [0.25, 0.3) is 0 Å². The molecule has 1 saturated carbocycles. The van der Waals surface area contributed by atoms with Gasteiger partial charge in [-0.3, -0.25) is 0 Å². The van der Waals surface area contributed by atoms with E-state index in [0.717, 1.165) is 16.0 Å². The molecular weight excluding hydrogens is 263 g/mol. The SMILES string of the molecule is Fc1cccc(SCC2(CBr)CC2)c1. The molecule has 1 aromatic rings. The Balaban J connectivity index is 1.92. The molecule has 0 nitrogen and oxygen atoms in total. The fraction of sp³-hybridized carbons (Fsp3) is 0.455. The summed E-state index contributed by atoms with van der Waals surface area (Å²) in [5.41, 5.74) is 0.497.